The Morgan fingerprint density at radius 2 is 0.695 bits per heavy atom. The van der Waals surface area contributed by atoms with Crippen LogP contribution in [0.25, 0.3) is 87.6 Å². The molecule has 1 nitrogen and oxygen atoms in total. The summed E-state index contributed by atoms with van der Waals surface area (Å²) >= 11 is 0. The van der Waals surface area contributed by atoms with Crippen molar-refractivity contribution in [3.63, 3.8) is 0 Å². The second-order valence-corrected chi connectivity index (χ2v) is 15.2. The van der Waals surface area contributed by atoms with Crippen LogP contribution in [0.4, 0.5) is 17.1 Å². The fourth-order valence-electron chi connectivity index (χ4n) is 9.13. The summed E-state index contributed by atoms with van der Waals surface area (Å²) in [6.07, 6.45) is 0. The predicted octanol–water partition coefficient (Wildman–Crippen LogP) is 16.4. The fraction of sp³-hybridized carbons (Fsp3) is 0. The number of fused-ring (bicyclic) bond motifs is 7. The van der Waals surface area contributed by atoms with Crippen molar-refractivity contribution in [3.05, 3.63) is 237 Å². The van der Waals surface area contributed by atoms with Crippen molar-refractivity contribution in [3.8, 4) is 44.5 Å². The van der Waals surface area contributed by atoms with E-state index in [2.05, 4.69) is 241 Å². The lowest BCUT2D eigenvalue weighted by Crippen LogP contribution is -2.12. The van der Waals surface area contributed by atoms with Gasteiger partial charge in [-0.1, -0.05) is 212 Å². The minimum Gasteiger partial charge on any atom is -0.309 e. The van der Waals surface area contributed by atoms with Gasteiger partial charge in [-0.15, -0.1) is 0 Å². The molecule has 0 radical (unpaired) electrons. The average Bonchev–Trinajstić information content (AvgIpc) is 3.32. The molecule has 0 heterocycles. The molecule has 0 aliphatic heterocycles. The maximum Gasteiger partial charge on any atom is 0.0546 e. The summed E-state index contributed by atoms with van der Waals surface area (Å²) in [6, 6.07) is 86.2. The van der Waals surface area contributed by atoms with E-state index >= 15 is 0 Å². The van der Waals surface area contributed by atoms with Crippen molar-refractivity contribution < 1.29 is 0 Å². The number of anilines is 3. The van der Waals surface area contributed by atoms with Crippen molar-refractivity contribution in [2.45, 2.75) is 0 Å². The lowest BCUT2D eigenvalue weighted by Gasteiger charge is -2.30. The number of nitrogens with zero attached hydrogens (tertiary/aromatic N) is 1. The normalized spacial score (nSPS) is 11.4. The third-order valence-electron chi connectivity index (χ3n) is 11.9. The van der Waals surface area contributed by atoms with Gasteiger partial charge in [-0.2, -0.15) is 0 Å². The molecule has 11 aromatic carbocycles. The molecule has 0 saturated heterocycles. The molecule has 0 unspecified atom stereocenters. The van der Waals surface area contributed by atoms with Gasteiger partial charge in [0.2, 0.25) is 0 Å². The molecular weight excluding hydrogens is 711 g/mol. The van der Waals surface area contributed by atoms with E-state index in [1.165, 1.54) is 87.6 Å². The Bertz CT molecular complexity index is 3250. The first kappa shape index (κ1) is 34.5. The molecule has 1 heteroatoms. The van der Waals surface area contributed by atoms with E-state index in [0.29, 0.717) is 0 Å². The predicted molar refractivity (Wildman–Crippen MR) is 253 cm³/mol. The van der Waals surface area contributed by atoms with Crippen LogP contribution in [0, 0.1) is 0 Å². The van der Waals surface area contributed by atoms with Gasteiger partial charge in [0.25, 0.3) is 0 Å². The van der Waals surface area contributed by atoms with Crippen molar-refractivity contribution in [2.75, 3.05) is 4.90 Å². The summed E-state index contributed by atoms with van der Waals surface area (Å²) in [6.45, 7) is 0. The van der Waals surface area contributed by atoms with Gasteiger partial charge in [-0.25, -0.2) is 0 Å². The SMILES string of the molecule is c1ccc(-c2ccc(-c3ccccc3N(c3ccc(-c4ccc5ccccc5c4-c4ccccc4)cc3)c3cccc4c5ccccc5c5ccccc5c34)cc2)cc1. The van der Waals surface area contributed by atoms with E-state index in [1.54, 1.807) is 0 Å². The van der Waals surface area contributed by atoms with Gasteiger partial charge in [0, 0.05) is 16.6 Å². The monoisotopic (exact) mass is 749 g/mol. The third-order valence-corrected chi connectivity index (χ3v) is 11.9. The van der Waals surface area contributed by atoms with E-state index in [4.69, 9.17) is 0 Å². The molecular formula is C58H39N. The fourth-order valence-corrected chi connectivity index (χ4v) is 9.13. The molecule has 0 fully saturated rings. The number of rotatable bonds is 7. The quantitative estimate of drug-likeness (QED) is 0.147. The van der Waals surface area contributed by atoms with Crippen LogP contribution in [0.5, 0.6) is 0 Å². The maximum atomic E-state index is 2.48. The topological polar surface area (TPSA) is 3.24 Å². The van der Waals surface area contributed by atoms with Gasteiger partial charge < -0.3 is 4.90 Å². The Kier molecular flexibility index (Phi) is 8.56. The molecule has 59 heavy (non-hydrogen) atoms. The van der Waals surface area contributed by atoms with Crippen molar-refractivity contribution in [1.82, 2.24) is 0 Å². The molecule has 0 bridgehead atoms. The zero-order valence-corrected chi connectivity index (χ0v) is 32.5. The standard InChI is InChI=1S/C58H39N/c1-3-16-40(17-4-1)41-30-32-43(33-31-41)47-21-13-14-28-55(47)59(56-29-15-27-54-52-24-10-9-23-50(52)51-25-11-12-26-53(51)58(54)56)46-37-34-44(35-38-46)49-39-36-42-18-7-8-22-48(42)57(49)45-19-5-2-6-20-45/h1-39H. The minimum absolute atomic E-state index is 1.09. The zero-order chi connectivity index (χ0) is 39.1. The summed E-state index contributed by atoms with van der Waals surface area (Å²) in [5.41, 5.74) is 13.0. The first-order chi connectivity index (χ1) is 29.3. The van der Waals surface area contributed by atoms with Gasteiger partial charge in [0.15, 0.2) is 0 Å². The first-order valence-electron chi connectivity index (χ1n) is 20.3. The molecule has 0 amide bonds. The van der Waals surface area contributed by atoms with Crippen molar-refractivity contribution in [2.24, 2.45) is 0 Å². The molecule has 0 saturated carbocycles. The van der Waals surface area contributed by atoms with E-state index in [1.807, 2.05) is 0 Å². The van der Waals surface area contributed by atoms with Crippen molar-refractivity contribution in [1.29, 1.82) is 0 Å². The van der Waals surface area contributed by atoms with Crippen LogP contribution >= 0.6 is 0 Å². The smallest absolute Gasteiger partial charge is 0.0546 e. The third kappa shape index (κ3) is 6.04. The van der Waals surface area contributed by atoms with Crippen LogP contribution in [0.2, 0.25) is 0 Å². The Hall–Kier alpha value is -7.74. The van der Waals surface area contributed by atoms with Gasteiger partial charge in [-0.3, -0.25) is 0 Å². The number of benzene rings is 11. The van der Waals surface area contributed by atoms with Crippen LogP contribution in [0.15, 0.2) is 237 Å². The average molecular weight is 750 g/mol. The molecule has 0 aliphatic rings. The molecule has 0 spiro atoms. The van der Waals surface area contributed by atoms with Crippen LogP contribution in [-0.4, -0.2) is 0 Å². The molecule has 276 valence electrons. The van der Waals surface area contributed by atoms with E-state index in [0.717, 1.165) is 17.1 Å². The second kappa shape index (κ2) is 14.6. The highest BCUT2D eigenvalue weighted by atomic mass is 15.1. The van der Waals surface area contributed by atoms with Gasteiger partial charge in [0.05, 0.1) is 11.4 Å². The highest BCUT2D eigenvalue weighted by Crippen LogP contribution is 2.48. The molecule has 11 aromatic rings. The highest BCUT2D eigenvalue weighted by Gasteiger charge is 2.22. The number of hydrogen-bond acceptors (Lipinski definition) is 1. The first-order valence-corrected chi connectivity index (χ1v) is 20.3. The summed E-state index contributed by atoms with van der Waals surface area (Å²) < 4.78 is 0. The maximum absolute atomic E-state index is 2.48. The van der Waals surface area contributed by atoms with Gasteiger partial charge >= 0.3 is 0 Å². The summed E-state index contributed by atoms with van der Waals surface area (Å²) in [5, 5.41) is 10.00. The molecule has 11 rings (SSSR count). The van der Waals surface area contributed by atoms with Crippen LogP contribution in [0.3, 0.4) is 0 Å². The molecule has 0 aromatic heterocycles. The Labute approximate surface area is 344 Å². The number of para-hydroxylation sites is 1. The summed E-state index contributed by atoms with van der Waals surface area (Å²) in [7, 11) is 0. The zero-order valence-electron chi connectivity index (χ0n) is 32.5. The summed E-state index contributed by atoms with van der Waals surface area (Å²) in [5.74, 6) is 0. The lowest BCUT2D eigenvalue weighted by atomic mass is 9.89. The molecule has 0 aliphatic carbocycles. The molecule has 0 atom stereocenters. The van der Waals surface area contributed by atoms with E-state index < -0.39 is 0 Å². The van der Waals surface area contributed by atoms with E-state index in [9.17, 15) is 0 Å². The Balaban J connectivity index is 1.14. The minimum atomic E-state index is 1.09. The largest absolute Gasteiger partial charge is 0.309 e. The highest BCUT2D eigenvalue weighted by molar-refractivity contribution is 6.29. The summed E-state index contributed by atoms with van der Waals surface area (Å²) in [4.78, 5) is 2.48. The second-order valence-electron chi connectivity index (χ2n) is 15.2. The van der Waals surface area contributed by atoms with Crippen LogP contribution < -0.4 is 4.90 Å². The van der Waals surface area contributed by atoms with Gasteiger partial charge in [0.1, 0.15) is 0 Å². The Morgan fingerprint density at radius 1 is 0.237 bits per heavy atom. The van der Waals surface area contributed by atoms with Crippen LogP contribution in [0.1, 0.15) is 0 Å². The Morgan fingerprint density at radius 3 is 1.39 bits per heavy atom. The number of hydrogen-bond donors (Lipinski definition) is 0. The van der Waals surface area contributed by atoms with Gasteiger partial charge in [-0.05, 0) is 101 Å². The lowest BCUT2D eigenvalue weighted by molar-refractivity contribution is 1.30. The van der Waals surface area contributed by atoms with E-state index in [-0.39, 0.29) is 0 Å². The van der Waals surface area contributed by atoms with Crippen LogP contribution in [-0.2, 0) is 0 Å². The van der Waals surface area contributed by atoms with Crippen molar-refractivity contribution >= 4 is 60.2 Å². The molecule has 0 N–H and O–H groups in total.